The van der Waals surface area contributed by atoms with Crippen molar-refractivity contribution in [2.24, 2.45) is 0 Å². The number of furan rings is 2. The molecule has 0 bridgehead atoms. The normalized spacial score (nSPS) is 12.9. The summed E-state index contributed by atoms with van der Waals surface area (Å²) in [5.41, 5.74) is 21.3. The Bertz CT molecular complexity index is 5510. The molecule has 460 valence electrons. The van der Waals surface area contributed by atoms with Crippen molar-refractivity contribution in [2.75, 3.05) is 0 Å². The van der Waals surface area contributed by atoms with E-state index < -0.39 is 7.12 Å². The van der Waals surface area contributed by atoms with Crippen LogP contribution in [-0.4, -0.2) is 47.1 Å². The molecule has 4 heterocycles. The summed E-state index contributed by atoms with van der Waals surface area (Å²) in [6, 6.07) is 94.3. The number of benzene rings is 12. The maximum Gasteiger partial charge on any atom is 0.492 e. The largest absolute Gasteiger partial charge is 0.492 e. The number of hydrogen-bond donors (Lipinski definition) is 2. The zero-order valence-electron chi connectivity index (χ0n) is 52.9. The van der Waals surface area contributed by atoms with Crippen LogP contribution in [0.15, 0.2) is 292 Å². The summed E-state index contributed by atoms with van der Waals surface area (Å²) in [5, 5.41) is 23.6. The standard InChI is InChI=1S/C42H29N3O.C21H17BO3.C21H14BrN3/c1-42(2)35-19-10-9-16-31(35)32-24-25-34-33-18-11-17-30(37(33)46-38(34)36(32)42)26-20-22-29(23-21-26)41-44-39(27-12-5-3-6-13-27)43-40(45-41)28-14-7-4-8-15-28;1-21(2)16-8-4-3-6-12(16)13-10-11-15-14-7-5-9-17(22(23)24)19(14)25-20(15)18(13)21;22-18-13-11-17(12-14-18)21-24-19(15-7-3-1-4-8-15)23-20(25-21)16-9-5-2-6-10-16/h3-25H,1-2H3;3-11,23-24H,1-2H3;1-14H. The molecular formula is C84H60BBrN6O4. The molecule has 96 heavy (non-hydrogen) atoms. The lowest BCUT2D eigenvalue weighted by molar-refractivity contribution is 0.425. The average molecular weight is 1310 g/mol. The molecular weight excluding hydrogens is 1250 g/mol. The van der Waals surface area contributed by atoms with Gasteiger partial charge in [-0.15, -0.1) is 0 Å². The van der Waals surface area contributed by atoms with Crippen molar-refractivity contribution < 1.29 is 18.9 Å². The highest BCUT2D eigenvalue weighted by atomic mass is 79.9. The van der Waals surface area contributed by atoms with Crippen LogP contribution < -0.4 is 5.46 Å². The van der Waals surface area contributed by atoms with E-state index in [4.69, 9.17) is 33.8 Å². The fourth-order valence-corrected chi connectivity index (χ4v) is 14.2. The Labute approximate surface area is 563 Å². The Kier molecular flexibility index (Phi) is 15.1. The van der Waals surface area contributed by atoms with Gasteiger partial charge in [-0.05, 0) is 63.2 Å². The summed E-state index contributed by atoms with van der Waals surface area (Å²) in [7, 11) is -1.55. The lowest BCUT2D eigenvalue weighted by Gasteiger charge is -2.21. The highest BCUT2D eigenvalue weighted by Crippen LogP contribution is 2.54. The third kappa shape index (κ3) is 10.6. The van der Waals surface area contributed by atoms with Gasteiger partial charge in [0.2, 0.25) is 0 Å². The molecule has 12 heteroatoms. The van der Waals surface area contributed by atoms with Crippen LogP contribution in [0, 0.1) is 0 Å². The zero-order chi connectivity index (χ0) is 65.2. The first kappa shape index (κ1) is 59.7. The molecule has 0 atom stereocenters. The van der Waals surface area contributed by atoms with Gasteiger partial charge in [0, 0.05) is 92.4 Å². The highest BCUT2D eigenvalue weighted by Gasteiger charge is 2.40. The molecule has 2 aliphatic rings. The molecule has 10 nitrogen and oxygen atoms in total. The predicted molar refractivity (Wildman–Crippen MR) is 391 cm³/mol. The number of fused-ring (bicyclic) bond motifs is 14. The molecule has 0 radical (unpaired) electrons. The molecule has 4 aromatic heterocycles. The maximum atomic E-state index is 9.68. The van der Waals surface area contributed by atoms with E-state index in [0.29, 0.717) is 46.0 Å². The van der Waals surface area contributed by atoms with Crippen molar-refractivity contribution in [2.45, 2.75) is 38.5 Å². The molecule has 16 aromatic rings. The van der Waals surface area contributed by atoms with E-state index in [2.05, 4.69) is 164 Å². The van der Waals surface area contributed by atoms with E-state index in [1.165, 1.54) is 44.5 Å². The molecule has 2 N–H and O–H groups in total. The Morgan fingerprint density at radius 3 is 1.00 bits per heavy atom. The monoisotopic (exact) mass is 1310 g/mol. The van der Waals surface area contributed by atoms with Crippen molar-refractivity contribution in [3.63, 3.8) is 0 Å². The van der Waals surface area contributed by atoms with Gasteiger partial charge in [-0.25, -0.2) is 29.9 Å². The van der Waals surface area contributed by atoms with Crippen molar-refractivity contribution in [1.82, 2.24) is 29.9 Å². The first-order valence-electron chi connectivity index (χ1n) is 32.0. The molecule has 0 amide bonds. The van der Waals surface area contributed by atoms with Crippen molar-refractivity contribution in [1.29, 1.82) is 0 Å². The van der Waals surface area contributed by atoms with Gasteiger partial charge in [0.05, 0.1) is 0 Å². The molecule has 0 spiro atoms. The fourth-order valence-electron chi connectivity index (χ4n) is 13.9. The van der Waals surface area contributed by atoms with Crippen LogP contribution in [0.5, 0.6) is 0 Å². The van der Waals surface area contributed by atoms with Gasteiger partial charge in [0.25, 0.3) is 0 Å². The SMILES string of the molecule is Brc1ccc(-c2nc(-c3ccccc3)nc(-c3ccccc3)n2)cc1.CC1(C)c2ccccc2-c2ccc3c(oc4c(-c5ccc(-c6nc(-c7ccccc7)nc(-c7ccccc7)n6)cc5)cccc43)c21.CC1(C)c2ccccc2-c2ccc3c(oc4c(B(O)O)cccc43)c21. The summed E-state index contributed by atoms with van der Waals surface area (Å²) in [4.78, 5) is 28.7. The quantitative estimate of drug-likeness (QED) is 0.141. The first-order valence-corrected chi connectivity index (χ1v) is 32.8. The summed E-state index contributed by atoms with van der Waals surface area (Å²) in [6.45, 7) is 9.03. The van der Waals surface area contributed by atoms with E-state index in [1.807, 2.05) is 158 Å². The van der Waals surface area contributed by atoms with Gasteiger partial charge in [-0.3, -0.25) is 0 Å². The van der Waals surface area contributed by atoms with Crippen molar-refractivity contribution >= 4 is 72.4 Å². The highest BCUT2D eigenvalue weighted by molar-refractivity contribution is 9.10. The van der Waals surface area contributed by atoms with E-state index >= 15 is 0 Å². The van der Waals surface area contributed by atoms with Crippen LogP contribution in [0.4, 0.5) is 0 Å². The van der Waals surface area contributed by atoms with Crippen LogP contribution in [0.1, 0.15) is 49.9 Å². The lowest BCUT2D eigenvalue weighted by atomic mass is 9.79. The smallest absolute Gasteiger partial charge is 0.456 e. The fraction of sp³-hybridized carbons (Fsp3) is 0.0714. The predicted octanol–water partition coefficient (Wildman–Crippen LogP) is 20.0. The molecule has 12 aromatic carbocycles. The Balaban J connectivity index is 0.000000123. The number of para-hydroxylation sites is 2. The molecule has 2 aliphatic carbocycles. The number of rotatable bonds is 8. The minimum atomic E-state index is -1.55. The van der Waals surface area contributed by atoms with Crippen molar-refractivity contribution in [3.8, 4) is 102 Å². The number of aromatic nitrogens is 6. The van der Waals surface area contributed by atoms with E-state index in [1.54, 1.807) is 6.07 Å². The van der Waals surface area contributed by atoms with E-state index in [9.17, 15) is 10.0 Å². The summed E-state index contributed by atoms with van der Waals surface area (Å²) < 4.78 is 14.1. The van der Waals surface area contributed by atoms with Crippen LogP contribution in [0.2, 0.25) is 0 Å². The van der Waals surface area contributed by atoms with Gasteiger partial charge < -0.3 is 18.9 Å². The maximum absolute atomic E-state index is 9.68. The van der Waals surface area contributed by atoms with Crippen LogP contribution in [0.3, 0.4) is 0 Å². The molecule has 18 rings (SSSR count). The van der Waals surface area contributed by atoms with Crippen LogP contribution in [0.25, 0.3) is 146 Å². The minimum absolute atomic E-state index is 0.150. The third-order valence-corrected chi connectivity index (χ3v) is 19.2. The second kappa shape index (κ2) is 24.2. The topological polar surface area (TPSA) is 144 Å². The average Bonchev–Trinajstić information content (AvgIpc) is 1.56. The molecule has 0 unspecified atom stereocenters. The summed E-state index contributed by atoms with van der Waals surface area (Å²) >= 11 is 3.47. The minimum Gasteiger partial charge on any atom is -0.456 e. The molecule has 0 saturated carbocycles. The lowest BCUT2D eigenvalue weighted by Crippen LogP contribution is -2.29. The van der Waals surface area contributed by atoms with E-state index in [-0.39, 0.29) is 10.8 Å². The Hall–Kier alpha value is -11.3. The van der Waals surface area contributed by atoms with Crippen molar-refractivity contribution in [3.05, 3.63) is 306 Å². The summed E-state index contributed by atoms with van der Waals surface area (Å²) in [5.74, 6) is 3.95. The molecule has 0 fully saturated rings. The van der Waals surface area contributed by atoms with E-state index in [0.717, 1.165) is 87.3 Å². The third-order valence-electron chi connectivity index (χ3n) is 18.6. The summed E-state index contributed by atoms with van der Waals surface area (Å²) in [6.07, 6.45) is 0. The van der Waals surface area contributed by atoms with Gasteiger partial charge in [0.15, 0.2) is 34.9 Å². The second-order valence-corrected chi connectivity index (χ2v) is 26.1. The van der Waals surface area contributed by atoms with Gasteiger partial charge in [0.1, 0.15) is 22.3 Å². The van der Waals surface area contributed by atoms with Gasteiger partial charge >= 0.3 is 7.12 Å². The number of halogens is 1. The van der Waals surface area contributed by atoms with Crippen LogP contribution in [-0.2, 0) is 10.8 Å². The van der Waals surface area contributed by atoms with Gasteiger partial charge in [-0.1, -0.05) is 298 Å². The van der Waals surface area contributed by atoms with Gasteiger partial charge in [-0.2, -0.15) is 0 Å². The Morgan fingerprint density at radius 2 is 0.594 bits per heavy atom. The number of nitrogens with zero attached hydrogens (tertiary/aromatic N) is 6. The second-order valence-electron chi connectivity index (χ2n) is 25.2. The molecule has 0 saturated heterocycles. The number of hydrogen-bond acceptors (Lipinski definition) is 10. The first-order chi connectivity index (χ1) is 46.8. The molecule has 0 aliphatic heterocycles. The Morgan fingerprint density at radius 1 is 0.281 bits per heavy atom. The van der Waals surface area contributed by atoms with Crippen LogP contribution >= 0.6 is 15.9 Å². The zero-order valence-corrected chi connectivity index (χ0v) is 54.5.